The Morgan fingerprint density at radius 1 is 1.12 bits per heavy atom. The first-order chi connectivity index (χ1) is 3.79. The average molecular weight is 107 g/mol. The van der Waals surface area contributed by atoms with Crippen LogP contribution in [0.1, 0.15) is 0 Å². The Morgan fingerprint density at radius 3 is 2.00 bits per heavy atom. The first kappa shape index (κ1) is 4.97. The van der Waals surface area contributed by atoms with Crippen molar-refractivity contribution in [2.75, 3.05) is 0 Å². The number of carbonyl (C=O) groups excluding carboxylic acids is 1. The van der Waals surface area contributed by atoms with Gasteiger partial charge in [-0.25, -0.2) is 0 Å². The second-order valence-corrected chi connectivity index (χ2v) is 1.52. The van der Waals surface area contributed by atoms with Crippen molar-refractivity contribution in [2.24, 2.45) is 0 Å². The molecule has 1 N–H and O–H groups in total. The molecule has 0 bridgehead atoms. The molecule has 0 heterocycles. The number of hydrogen-bond donors (Lipinski definition) is 1. The topological polar surface area (TPSA) is 40.9 Å². The van der Waals surface area contributed by atoms with E-state index in [0.717, 1.165) is 0 Å². The zero-order valence-electron chi connectivity index (χ0n) is 4.22. The summed E-state index contributed by atoms with van der Waals surface area (Å²) in [4.78, 5) is 10.3. The minimum atomic E-state index is -0.0407. The molecule has 8 heavy (non-hydrogen) atoms. The summed E-state index contributed by atoms with van der Waals surface area (Å²) in [7, 11) is 0. The summed E-state index contributed by atoms with van der Waals surface area (Å²) in [5.41, 5.74) is 0.379. The van der Waals surface area contributed by atoms with E-state index in [9.17, 15) is 4.79 Å². The van der Waals surface area contributed by atoms with Crippen LogP contribution in [0.25, 0.3) is 0 Å². The lowest BCUT2D eigenvalue weighted by molar-refractivity contribution is -0.110. The van der Waals surface area contributed by atoms with Crippen LogP contribution in [0.15, 0.2) is 24.3 Å². The zero-order valence-corrected chi connectivity index (χ0v) is 4.22. The van der Waals surface area contributed by atoms with Gasteiger partial charge in [-0.05, 0) is 24.3 Å². The fourth-order valence-corrected chi connectivity index (χ4v) is 0.455. The van der Waals surface area contributed by atoms with Crippen molar-refractivity contribution in [3.05, 3.63) is 24.3 Å². The van der Waals surface area contributed by atoms with E-state index in [2.05, 4.69) is 0 Å². The van der Waals surface area contributed by atoms with Gasteiger partial charge in [0.1, 0.15) is 0 Å². The van der Waals surface area contributed by atoms with E-state index in [0.29, 0.717) is 5.71 Å². The molecule has 0 aromatic heterocycles. The molecule has 0 saturated heterocycles. The molecule has 0 fully saturated rings. The van der Waals surface area contributed by atoms with Crippen molar-refractivity contribution in [3.8, 4) is 0 Å². The third-order valence-corrected chi connectivity index (χ3v) is 0.854. The summed E-state index contributed by atoms with van der Waals surface area (Å²) < 4.78 is 0. The largest absolute Gasteiger partial charge is 0.301 e. The summed E-state index contributed by atoms with van der Waals surface area (Å²) in [5, 5.41) is 6.95. The van der Waals surface area contributed by atoms with Gasteiger partial charge in [-0.1, -0.05) is 0 Å². The minimum absolute atomic E-state index is 0.0407. The van der Waals surface area contributed by atoms with Crippen LogP contribution < -0.4 is 0 Å². The van der Waals surface area contributed by atoms with Crippen LogP contribution in [0.4, 0.5) is 0 Å². The van der Waals surface area contributed by atoms with E-state index in [-0.39, 0.29) is 5.78 Å². The highest BCUT2D eigenvalue weighted by Gasteiger charge is 1.94. The summed E-state index contributed by atoms with van der Waals surface area (Å²) in [6.07, 6.45) is 5.70. The molecule has 40 valence electrons. The highest BCUT2D eigenvalue weighted by Crippen LogP contribution is 1.91. The van der Waals surface area contributed by atoms with E-state index in [1.54, 1.807) is 0 Å². The van der Waals surface area contributed by atoms with E-state index < -0.39 is 0 Å². The highest BCUT2D eigenvalue weighted by atomic mass is 16.1. The van der Waals surface area contributed by atoms with Crippen LogP contribution in [0.3, 0.4) is 0 Å². The van der Waals surface area contributed by atoms with Gasteiger partial charge in [0.05, 0.1) is 5.71 Å². The SMILES string of the molecule is N=C1C=CC(=O)C=C1. The molecule has 2 heteroatoms. The van der Waals surface area contributed by atoms with Crippen LogP contribution in [0, 0.1) is 5.41 Å². The molecular weight excluding hydrogens is 102 g/mol. The molecule has 1 aliphatic carbocycles. The van der Waals surface area contributed by atoms with Crippen molar-refractivity contribution in [3.63, 3.8) is 0 Å². The third-order valence-electron chi connectivity index (χ3n) is 0.854. The van der Waals surface area contributed by atoms with Crippen molar-refractivity contribution < 1.29 is 4.79 Å². The number of hydrogen-bond acceptors (Lipinski definition) is 2. The normalized spacial score (nSPS) is 17.5. The number of ketones is 1. The quantitative estimate of drug-likeness (QED) is 0.455. The standard InChI is InChI=1S/C6H5NO/c7-5-1-3-6(8)4-2-5/h1-4,7H. The lowest BCUT2D eigenvalue weighted by atomic mass is 10.2. The predicted molar refractivity (Wildman–Crippen MR) is 31.0 cm³/mol. The Morgan fingerprint density at radius 2 is 1.62 bits per heavy atom. The average Bonchev–Trinajstić information content (AvgIpc) is 1.77. The molecule has 0 atom stereocenters. The second-order valence-electron chi connectivity index (χ2n) is 1.52. The number of nitrogens with one attached hydrogen (secondary N) is 1. The Labute approximate surface area is 47.0 Å². The van der Waals surface area contributed by atoms with E-state index >= 15 is 0 Å². The zero-order chi connectivity index (χ0) is 5.98. The van der Waals surface area contributed by atoms with Crippen LogP contribution in [-0.2, 0) is 4.79 Å². The van der Waals surface area contributed by atoms with Crippen LogP contribution in [0.5, 0.6) is 0 Å². The first-order valence-electron chi connectivity index (χ1n) is 2.28. The van der Waals surface area contributed by atoms with Crippen LogP contribution >= 0.6 is 0 Å². The van der Waals surface area contributed by atoms with Gasteiger partial charge in [0.2, 0.25) is 0 Å². The van der Waals surface area contributed by atoms with E-state index in [1.807, 2.05) is 0 Å². The van der Waals surface area contributed by atoms with Gasteiger partial charge in [0.15, 0.2) is 5.78 Å². The predicted octanol–water partition coefficient (Wildman–Crippen LogP) is 0.701. The summed E-state index contributed by atoms with van der Waals surface area (Å²) in [5.74, 6) is -0.0407. The molecule has 1 rings (SSSR count). The molecule has 0 spiro atoms. The van der Waals surface area contributed by atoms with E-state index in [4.69, 9.17) is 5.41 Å². The molecule has 0 radical (unpaired) electrons. The van der Waals surface area contributed by atoms with Gasteiger partial charge in [-0.15, -0.1) is 0 Å². The fraction of sp³-hybridized carbons (Fsp3) is 0. The number of carbonyl (C=O) groups is 1. The summed E-state index contributed by atoms with van der Waals surface area (Å²) in [6.45, 7) is 0. The molecule has 0 amide bonds. The Hall–Kier alpha value is -1.18. The molecule has 2 nitrogen and oxygen atoms in total. The number of allylic oxidation sites excluding steroid dienone is 4. The molecule has 0 aromatic rings. The van der Waals surface area contributed by atoms with E-state index in [1.165, 1.54) is 24.3 Å². The lowest BCUT2D eigenvalue weighted by Crippen LogP contribution is -1.96. The van der Waals surface area contributed by atoms with Gasteiger partial charge in [0.25, 0.3) is 0 Å². The van der Waals surface area contributed by atoms with Crippen molar-refractivity contribution in [1.82, 2.24) is 0 Å². The Kier molecular flexibility index (Phi) is 1.08. The van der Waals surface area contributed by atoms with Crippen molar-refractivity contribution in [2.45, 2.75) is 0 Å². The van der Waals surface area contributed by atoms with Crippen molar-refractivity contribution in [1.29, 1.82) is 5.41 Å². The lowest BCUT2D eigenvalue weighted by Gasteiger charge is -1.90. The Bertz CT molecular complexity index is 151. The fourth-order valence-electron chi connectivity index (χ4n) is 0.455. The van der Waals surface area contributed by atoms with Gasteiger partial charge >= 0.3 is 0 Å². The molecule has 0 aliphatic heterocycles. The summed E-state index contributed by atoms with van der Waals surface area (Å²) in [6, 6.07) is 0. The molecule has 0 saturated carbocycles. The smallest absolute Gasteiger partial charge is 0.178 e. The first-order valence-corrected chi connectivity index (χ1v) is 2.28. The van der Waals surface area contributed by atoms with Crippen LogP contribution in [0.2, 0.25) is 0 Å². The van der Waals surface area contributed by atoms with Gasteiger partial charge in [0, 0.05) is 0 Å². The van der Waals surface area contributed by atoms with Crippen molar-refractivity contribution >= 4 is 11.5 Å². The van der Waals surface area contributed by atoms with Gasteiger partial charge < -0.3 is 5.41 Å². The molecule has 1 aliphatic rings. The maximum Gasteiger partial charge on any atom is 0.178 e. The highest BCUT2D eigenvalue weighted by molar-refractivity contribution is 6.15. The molecule has 0 aromatic carbocycles. The Balaban J connectivity index is 2.83. The maximum atomic E-state index is 10.3. The number of rotatable bonds is 0. The van der Waals surface area contributed by atoms with Gasteiger partial charge in [-0.2, -0.15) is 0 Å². The second kappa shape index (κ2) is 1.74. The monoisotopic (exact) mass is 107 g/mol. The van der Waals surface area contributed by atoms with Gasteiger partial charge in [-0.3, -0.25) is 4.79 Å². The van der Waals surface area contributed by atoms with Crippen LogP contribution in [-0.4, -0.2) is 11.5 Å². The minimum Gasteiger partial charge on any atom is -0.301 e. The summed E-state index contributed by atoms with van der Waals surface area (Å²) >= 11 is 0. The third kappa shape index (κ3) is 0.904. The maximum absolute atomic E-state index is 10.3. The molecular formula is C6H5NO. The molecule has 0 unspecified atom stereocenters.